The average Bonchev–Trinajstić information content (AvgIpc) is 3.59. The van der Waals surface area contributed by atoms with Crippen molar-refractivity contribution in [3.63, 3.8) is 0 Å². The lowest BCUT2D eigenvalue weighted by molar-refractivity contribution is 0.0440. The van der Waals surface area contributed by atoms with Gasteiger partial charge in [0.05, 0.1) is 46.2 Å². The van der Waals surface area contributed by atoms with Gasteiger partial charge in [-0.3, -0.25) is 0 Å². The van der Waals surface area contributed by atoms with Gasteiger partial charge in [-0.05, 0) is 254 Å². The van der Waals surface area contributed by atoms with Crippen LogP contribution in [-0.2, 0) is 18.9 Å². The van der Waals surface area contributed by atoms with Crippen molar-refractivity contribution < 1.29 is 18.9 Å². The highest BCUT2D eigenvalue weighted by atomic mass is 32.2. The van der Waals surface area contributed by atoms with Crippen LogP contribution in [0, 0.1) is 21.7 Å². The van der Waals surface area contributed by atoms with E-state index in [1.807, 2.05) is 23.5 Å². The lowest BCUT2D eigenvalue weighted by atomic mass is 9.90. The van der Waals surface area contributed by atoms with Crippen molar-refractivity contribution in [2.45, 2.75) is 349 Å². The van der Waals surface area contributed by atoms with E-state index in [-0.39, 0.29) is 22.2 Å². The van der Waals surface area contributed by atoms with E-state index in [1.54, 1.807) is 0 Å². The van der Waals surface area contributed by atoms with Gasteiger partial charge in [0.1, 0.15) is 0 Å². The molecule has 0 unspecified atom stereocenters. The largest absolute Gasteiger partial charge is 0.379 e. The Morgan fingerprint density at radius 3 is 0.711 bits per heavy atom. The molecule has 90 heavy (non-hydrogen) atoms. The first-order valence-corrected chi connectivity index (χ1v) is 38.7. The maximum absolute atomic E-state index is 5.53. The number of hydrogen-bond acceptors (Lipinski definition) is 13. The maximum Gasteiger partial charge on any atom is 0.0701 e. The van der Waals surface area contributed by atoms with Crippen molar-refractivity contribution in [1.29, 1.82) is 0 Å². The van der Waals surface area contributed by atoms with Crippen LogP contribution in [0.2, 0.25) is 0 Å². The third-order valence-corrected chi connectivity index (χ3v) is 15.8. The van der Waals surface area contributed by atoms with E-state index in [9.17, 15) is 0 Å². The number of ether oxygens (including phenoxy) is 4. The quantitative estimate of drug-likeness (QED) is 0.0293. The van der Waals surface area contributed by atoms with E-state index >= 15 is 0 Å². The molecular formula is C77H171N7O4S2. The fourth-order valence-electron chi connectivity index (χ4n) is 8.31. The van der Waals surface area contributed by atoms with Crippen LogP contribution >= 0.6 is 23.5 Å². The van der Waals surface area contributed by atoms with Crippen LogP contribution in [-0.4, -0.2) is 161 Å². The zero-order chi connectivity index (χ0) is 70.4. The number of unbranched alkanes of at least 4 members (excludes halogenated alkanes) is 6. The van der Waals surface area contributed by atoms with Crippen LogP contribution in [0.25, 0.3) is 0 Å². The molecule has 0 aromatic rings. The van der Waals surface area contributed by atoms with E-state index in [2.05, 4.69) is 245 Å². The Balaban J connectivity index is -0.000000339. The molecule has 0 aromatic heterocycles. The molecule has 0 saturated carbocycles. The Morgan fingerprint density at radius 1 is 0.211 bits per heavy atom. The second kappa shape index (κ2) is 57.2. The lowest BCUT2D eigenvalue weighted by Crippen LogP contribution is -2.38. The second-order valence-electron chi connectivity index (χ2n) is 36.2. The Labute approximate surface area is 576 Å². The van der Waals surface area contributed by atoms with Gasteiger partial charge in [-0.2, -0.15) is 23.5 Å². The summed E-state index contributed by atoms with van der Waals surface area (Å²) in [5.74, 6) is 2.12. The predicted molar refractivity (Wildman–Crippen MR) is 414 cm³/mol. The molecule has 0 rings (SSSR count). The highest BCUT2D eigenvalue weighted by Crippen LogP contribution is 2.25. The molecule has 0 aliphatic carbocycles. The molecule has 0 aliphatic rings. The van der Waals surface area contributed by atoms with E-state index in [1.165, 1.54) is 142 Å². The molecule has 0 radical (unpaired) electrons. The third-order valence-electron chi connectivity index (χ3n) is 13.3. The molecule has 0 aromatic carbocycles. The summed E-state index contributed by atoms with van der Waals surface area (Å²) in [6, 6.07) is 0. The number of rotatable bonds is 45. The molecule has 0 saturated heterocycles. The summed E-state index contributed by atoms with van der Waals surface area (Å²) in [6.07, 6.45) is 22.0. The summed E-state index contributed by atoms with van der Waals surface area (Å²) in [7, 11) is 0. The first-order chi connectivity index (χ1) is 41.0. The molecule has 0 bridgehead atoms. The molecule has 0 spiro atoms. The number of thioether (sulfide) groups is 2. The van der Waals surface area contributed by atoms with Gasteiger partial charge in [0.25, 0.3) is 0 Å². The van der Waals surface area contributed by atoms with Gasteiger partial charge in [-0.25, -0.2) is 0 Å². The van der Waals surface area contributed by atoms with Gasteiger partial charge < -0.3 is 56.2 Å². The van der Waals surface area contributed by atoms with Crippen LogP contribution in [0.1, 0.15) is 317 Å². The monoisotopic (exact) mass is 1320 g/mol. The first-order valence-electron chi connectivity index (χ1n) is 36.7. The van der Waals surface area contributed by atoms with Crippen molar-refractivity contribution in [2.24, 2.45) is 21.7 Å². The maximum atomic E-state index is 5.53. The van der Waals surface area contributed by atoms with E-state index in [4.69, 9.17) is 18.9 Å². The molecule has 11 nitrogen and oxygen atoms in total. The van der Waals surface area contributed by atoms with Gasteiger partial charge in [-0.1, -0.05) is 144 Å². The average molecular weight is 1320 g/mol. The second-order valence-corrected chi connectivity index (χ2v) is 40.0. The molecule has 550 valence electrons. The van der Waals surface area contributed by atoms with E-state index < -0.39 is 0 Å². The van der Waals surface area contributed by atoms with Gasteiger partial charge in [0.2, 0.25) is 0 Å². The topological polar surface area (TPSA) is 121 Å². The van der Waals surface area contributed by atoms with Gasteiger partial charge in [0, 0.05) is 56.3 Å². The fraction of sp³-hybridized carbons (Fsp3) is 1.00. The number of nitrogens with one attached hydrogen (secondary N) is 7. The standard InChI is InChI=1S/C21H47N3.C16H36N2.C15H33NO2.C14H30O2S2.C11H25N/c1-20(2,3)14-13-18-23-17-10-7-9-15-22-16-11-8-12-19-24-21(4,5)6;1-15(2,3)11-10-13-17-12-8-7-9-14-18-16(4,5)6;1-14(2,3)8-7-10-17-12-13-18-11-9-16-15(4,5)6;1-13(2,3)17-11-9-15-7-8-16-10-12-18-14(4,5)6;1-10(2,3)8-7-9-12-11(4,5)6/h22-24H,7-19H2,1-6H3;17-18H,7-14H2,1-6H3;16H,7-13H2,1-6H3;7-12H2,1-6H3;12H,7-9H2,1-6H3. The zero-order valence-electron chi connectivity index (χ0n) is 67.1. The normalized spacial score (nSPS) is 13.0. The van der Waals surface area contributed by atoms with Gasteiger partial charge in [-0.15, -0.1) is 0 Å². The zero-order valence-corrected chi connectivity index (χ0v) is 68.7. The summed E-state index contributed by atoms with van der Waals surface area (Å²) in [4.78, 5) is 0. The minimum Gasteiger partial charge on any atom is -0.379 e. The van der Waals surface area contributed by atoms with Crippen LogP contribution in [0.3, 0.4) is 0 Å². The van der Waals surface area contributed by atoms with Crippen LogP contribution in [0.4, 0.5) is 0 Å². The Morgan fingerprint density at radius 2 is 0.433 bits per heavy atom. The Hall–Kier alpha value is 0.260. The summed E-state index contributed by atoms with van der Waals surface area (Å²) >= 11 is 3.88. The molecule has 0 aliphatic heterocycles. The van der Waals surface area contributed by atoms with Crippen molar-refractivity contribution in [1.82, 2.24) is 37.2 Å². The van der Waals surface area contributed by atoms with Gasteiger partial charge in [0.15, 0.2) is 0 Å². The lowest BCUT2D eigenvalue weighted by Gasteiger charge is -2.23. The van der Waals surface area contributed by atoms with Crippen LogP contribution in [0.15, 0.2) is 0 Å². The first kappa shape index (κ1) is 98.9. The van der Waals surface area contributed by atoms with Crippen LogP contribution < -0.4 is 37.2 Å². The van der Waals surface area contributed by atoms with Gasteiger partial charge >= 0.3 is 0 Å². The van der Waals surface area contributed by atoms with Crippen molar-refractivity contribution in [2.75, 3.05) is 130 Å². The minimum absolute atomic E-state index is 0.173. The molecule has 13 heteroatoms. The highest BCUT2D eigenvalue weighted by Gasteiger charge is 2.15. The Kier molecular flexibility index (Phi) is 62.9. The van der Waals surface area contributed by atoms with E-state index in [0.29, 0.717) is 57.6 Å². The highest BCUT2D eigenvalue weighted by molar-refractivity contribution is 8.00. The molecular weight excluding hydrogens is 1150 g/mol. The molecule has 0 amide bonds. The van der Waals surface area contributed by atoms with Crippen molar-refractivity contribution in [3.05, 3.63) is 0 Å². The molecule has 0 heterocycles. The predicted octanol–water partition coefficient (Wildman–Crippen LogP) is 19.2. The molecule has 0 atom stereocenters. The molecule has 7 N–H and O–H groups in total. The third kappa shape index (κ3) is 119. The van der Waals surface area contributed by atoms with E-state index in [0.717, 1.165) is 70.5 Å². The summed E-state index contributed by atoms with van der Waals surface area (Å²) in [5, 5.41) is 24.7. The van der Waals surface area contributed by atoms with Crippen molar-refractivity contribution in [3.8, 4) is 0 Å². The van der Waals surface area contributed by atoms with Crippen molar-refractivity contribution >= 4 is 23.5 Å². The molecule has 0 fully saturated rings. The Bertz CT molecular complexity index is 1250. The van der Waals surface area contributed by atoms with Crippen LogP contribution in [0.5, 0.6) is 0 Å². The summed E-state index contributed by atoms with van der Waals surface area (Å²) in [6.45, 7) is 84.9. The smallest absolute Gasteiger partial charge is 0.0701 e. The summed E-state index contributed by atoms with van der Waals surface area (Å²) < 4.78 is 22.7. The minimum atomic E-state index is 0.173. The fourth-order valence-corrected chi connectivity index (χ4v) is 9.94. The summed E-state index contributed by atoms with van der Waals surface area (Å²) in [5.41, 5.74) is 2.85. The SMILES string of the molecule is CC(C)(C)CCCNC(C)(C)C.CC(C)(C)CCCNCCCCCNC(C)(C)C.CC(C)(C)CCCNCCCCCNCCCCCNC(C)(C)C.CC(C)(C)CCCOCCOCCNC(C)(C)C.CC(C)(C)SCCOCCOCCSC(C)(C)C. The number of hydrogen-bond donors (Lipinski definition) is 7.